The summed E-state index contributed by atoms with van der Waals surface area (Å²) in [4.78, 5) is 2.63. The van der Waals surface area contributed by atoms with Gasteiger partial charge in [0, 0.05) is 14.8 Å². The van der Waals surface area contributed by atoms with E-state index < -0.39 is 0 Å². The lowest BCUT2D eigenvalue weighted by molar-refractivity contribution is 0.703. The van der Waals surface area contributed by atoms with E-state index in [9.17, 15) is 0 Å². The molecule has 2 aromatic rings. The summed E-state index contributed by atoms with van der Waals surface area (Å²) >= 11 is 8.21. The molecule has 0 amide bonds. The van der Waals surface area contributed by atoms with Crippen molar-refractivity contribution in [3.05, 3.63) is 55.7 Å². The monoisotopic (exact) mass is 279 g/mol. The maximum Gasteiger partial charge on any atom is 0.0683 e. The van der Waals surface area contributed by atoms with Crippen molar-refractivity contribution in [3.63, 3.8) is 0 Å². The van der Waals surface area contributed by atoms with Crippen LogP contribution in [0.5, 0.6) is 0 Å². The zero-order valence-corrected chi connectivity index (χ0v) is 12.7. The molecule has 0 saturated heterocycles. The van der Waals surface area contributed by atoms with Gasteiger partial charge in [-0.05, 0) is 62.7 Å². The highest BCUT2D eigenvalue weighted by atomic mass is 35.5. The first-order valence-corrected chi connectivity index (χ1v) is 7.22. The molecule has 0 radical (unpaired) electrons. The highest BCUT2D eigenvalue weighted by Crippen LogP contribution is 2.33. The van der Waals surface area contributed by atoms with Crippen molar-refractivity contribution >= 4 is 22.9 Å². The average Bonchev–Trinajstić information content (AvgIpc) is 2.73. The molecule has 0 aliphatic heterocycles. The predicted octanol–water partition coefficient (Wildman–Crippen LogP) is 4.64. The molecule has 0 bridgehead atoms. The van der Waals surface area contributed by atoms with Crippen molar-refractivity contribution in [1.29, 1.82) is 0 Å². The number of benzene rings is 1. The van der Waals surface area contributed by atoms with Crippen LogP contribution in [-0.2, 0) is 0 Å². The van der Waals surface area contributed by atoms with E-state index in [1.165, 1.54) is 20.9 Å². The molecular formula is C15H18ClNS. The smallest absolute Gasteiger partial charge is 0.0683 e. The molecule has 0 saturated carbocycles. The maximum atomic E-state index is 6.40. The van der Waals surface area contributed by atoms with Crippen LogP contribution in [0.4, 0.5) is 0 Å². The average molecular weight is 280 g/mol. The lowest BCUT2D eigenvalue weighted by Gasteiger charge is -2.18. The van der Waals surface area contributed by atoms with Gasteiger partial charge in [-0.15, -0.1) is 11.3 Å². The van der Waals surface area contributed by atoms with E-state index in [0.717, 1.165) is 10.6 Å². The summed E-state index contributed by atoms with van der Waals surface area (Å²) in [5, 5.41) is 4.20. The highest BCUT2D eigenvalue weighted by molar-refractivity contribution is 7.12. The van der Waals surface area contributed by atoms with Gasteiger partial charge in [-0.3, -0.25) is 0 Å². The maximum absolute atomic E-state index is 6.40. The minimum absolute atomic E-state index is 0.176. The first-order chi connectivity index (χ1) is 8.52. The van der Waals surface area contributed by atoms with Gasteiger partial charge in [0.05, 0.1) is 6.04 Å². The van der Waals surface area contributed by atoms with Gasteiger partial charge >= 0.3 is 0 Å². The van der Waals surface area contributed by atoms with Crippen LogP contribution in [0.25, 0.3) is 0 Å². The summed E-state index contributed by atoms with van der Waals surface area (Å²) in [5.74, 6) is 0. The summed E-state index contributed by atoms with van der Waals surface area (Å²) in [6.45, 7) is 6.35. The van der Waals surface area contributed by atoms with Gasteiger partial charge in [0.1, 0.15) is 0 Å². The van der Waals surface area contributed by atoms with Gasteiger partial charge in [-0.1, -0.05) is 17.7 Å². The van der Waals surface area contributed by atoms with E-state index in [0.29, 0.717) is 0 Å². The normalized spacial score (nSPS) is 12.7. The van der Waals surface area contributed by atoms with Gasteiger partial charge in [-0.2, -0.15) is 0 Å². The Kier molecular flexibility index (Phi) is 4.10. The van der Waals surface area contributed by atoms with Gasteiger partial charge in [0.15, 0.2) is 0 Å². The van der Waals surface area contributed by atoms with E-state index in [4.69, 9.17) is 11.6 Å². The molecule has 1 nitrogen and oxygen atoms in total. The number of hydrogen-bond acceptors (Lipinski definition) is 2. The van der Waals surface area contributed by atoms with E-state index in [1.807, 2.05) is 18.4 Å². The molecule has 0 aliphatic carbocycles. The van der Waals surface area contributed by atoms with Gasteiger partial charge in [0.2, 0.25) is 0 Å². The Labute approximate surface area is 118 Å². The molecule has 18 heavy (non-hydrogen) atoms. The second kappa shape index (κ2) is 5.43. The van der Waals surface area contributed by atoms with Crippen molar-refractivity contribution in [3.8, 4) is 0 Å². The first kappa shape index (κ1) is 13.6. The summed E-state index contributed by atoms with van der Waals surface area (Å²) < 4.78 is 0. The molecule has 1 atom stereocenters. The zero-order valence-electron chi connectivity index (χ0n) is 11.2. The van der Waals surface area contributed by atoms with Crippen LogP contribution in [0.3, 0.4) is 0 Å². The Balaban J connectivity index is 2.48. The molecule has 96 valence electrons. The fourth-order valence-electron chi connectivity index (χ4n) is 2.08. The Bertz CT molecular complexity index is 560. The molecule has 2 rings (SSSR count). The second-order valence-electron chi connectivity index (χ2n) is 4.63. The Morgan fingerprint density at radius 1 is 1.11 bits per heavy atom. The van der Waals surface area contributed by atoms with E-state index in [1.54, 1.807) is 0 Å². The molecule has 1 N–H and O–H groups in total. The molecule has 0 spiro atoms. The zero-order chi connectivity index (χ0) is 13.3. The molecule has 1 unspecified atom stereocenters. The van der Waals surface area contributed by atoms with E-state index in [-0.39, 0.29) is 6.04 Å². The van der Waals surface area contributed by atoms with Gasteiger partial charge in [-0.25, -0.2) is 0 Å². The molecular weight excluding hydrogens is 262 g/mol. The SMILES string of the molecule is CNC(c1ccc(C)s1)c1cc(C)c(C)cc1Cl. The van der Waals surface area contributed by atoms with E-state index in [2.05, 4.69) is 50.4 Å². The van der Waals surface area contributed by atoms with Crippen molar-refractivity contribution in [2.45, 2.75) is 26.8 Å². The topological polar surface area (TPSA) is 12.0 Å². The Morgan fingerprint density at radius 3 is 2.33 bits per heavy atom. The van der Waals surface area contributed by atoms with Crippen molar-refractivity contribution in [2.24, 2.45) is 0 Å². The quantitative estimate of drug-likeness (QED) is 0.863. The number of rotatable bonds is 3. The third-order valence-corrected chi connectivity index (χ3v) is 4.65. The molecule has 3 heteroatoms. The van der Waals surface area contributed by atoms with E-state index >= 15 is 0 Å². The number of halogens is 1. The number of hydrogen-bond donors (Lipinski definition) is 1. The molecule has 1 aromatic carbocycles. The number of nitrogens with one attached hydrogen (secondary N) is 1. The molecule has 0 fully saturated rings. The summed E-state index contributed by atoms with van der Waals surface area (Å²) in [7, 11) is 1.98. The standard InChI is InChI=1S/C15H18ClNS/c1-9-7-12(13(16)8-10(9)2)15(17-4)14-6-5-11(3)18-14/h5-8,15,17H,1-4H3. The van der Waals surface area contributed by atoms with Gasteiger partial charge in [0.25, 0.3) is 0 Å². The van der Waals surface area contributed by atoms with Gasteiger partial charge < -0.3 is 5.32 Å². The highest BCUT2D eigenvalue weighted by Gasteiger charge is 2.17. The predicted molar refractivity (Wildman–Crippen MR) is 80.9 cm³/mol. The largest absolute Gasteiger partial charge is 0.309 e. The minimum Gasteiger partial charge on any atom is -0.309 e. The van der Waals surface area contributed by atoms with Crippen LogP contribution in [0.15, 0.2) is 24.3 Å². The summed E-state index contributed by atoms with van der Waals surface area (Å²) in [6.07, 6.45) is 0. The molecule has 0 aliphatic rings. The van der Waals surface area contributed by atoms with Crippen LogP contribution in [-0.4, -0.2) is 7.05 Å². The fraction of sp³-hybridized carbons (Fsp3) is 0.333. The first-order valence-electron chi connectivity index (χ1n) is 6.03. The van der Waals surface area contributed by atoms with Crippen molar-refractivity contribution < 1.29 is 0 Å². The van der Waals surface area contributed by atoms with Crippen molar-refractivity contribution in [2.75, 3.05) is 7.05 Å². The lowest BCUT2D eigenvalue weighted by atomic mass is 10.00. The summed E-state index contributed by atoms with van der Waals surface area (Å²) in [5.41, 5.74) is 3.67. The molecule has 1 heterocycles. The number of thiophene rings is 1. The number of aryl methyl sites for hydroxylation is 3. The Hall–Kier alpha value is -0.830. The third kappa shape index (κ3) is 2.61. The lowest BCUT2D eigenvalue weighted by Crippen LogP contribution is -2.17. The van der Waals surface area contributed by atoms with Crippen LogP contribution in [0.2, 0.25) is 5.02 Å². The van der Waals surface area contributed by atoms with Crippen LogP contribution < -0.4 is 5.32 Å². The fourth-order valence-corrected chi connectivity index (χ4v) is 3.42. The van der Waals surface area contributed by atoms with Crippen LogP contribution in [0.1, 0.15) is 32.5 Å². The third-order valence-electron chi connectivity index (χ3n) is 3.26. The molecule has 1 aromatic heterocycles. The summed E-state index contributed by atoms with van der Waals surface area (Å²) in [6, 6.07) is 8.74. The second-order valence-corrected chi connectivity index (χ2v) is 6.35. The van der Waals surface area contributed by atoms with Crippen LogP contribution >= 0.6 is 22.9 Å². The Morgan fingerprint density at radius 2 is 1.78 bits per heavy atom. The van der Waals surface area contributed by atoms with Crippen molar-refractivity contribution in [1.82, 2.24) is 5.32 Å². The minimum atomic E-state index is 0.176. The van der Waals surface area contributed by atoms with Crippen LogP contribution in [0, 0.1) is 20.8 Å².